The quantitative estimate of drug-likeness (QED) is 0.620. The van der Waals surface area contributed by atoms with E-state index in [0.29, 0.717) is 12.5 Å². The molecule has 1 fully saturated rings. The number of phenols is 1. The zero-order valence-electron chi connectivity index (χ0n) is 9.88. The molecule has 5 nitrogen and oxygen atoms in total. The number of benzene rings is 1. The second-order valence-corrected chi connectivity index (χ2v) is 5.15. The first kappa shape index (κ1) is 11.9. The van der Waals surface area contributed by atoms with Crippen molar-refractivity contribution in [2.45, 2.75) is 19.8 Å². The van der Waals surface area contributed by atoms with Crippen LogP contribution in [0, 0.1) is 21.4 Å². The van der Waals surface area contributed by atoms with Crippen LogP contribution in [0.5, 0.6) is 5.75 Å². The van der Waals surface area contributed by atoms with Crippen molar-refractivity contribution in [3.63, 3.8) is 0 Å². The summed E-state index contributed by atoms with van der Waals surface area (Å²) in [5, 5.41) is 20.2. The van der Waals surface area contributed by atoms with Gasteiger partial charge in [-0.3, -0.25) is 10.1 Å². The minimum absolute atomic E-state index is 0.108. The number of nitrogens with zero attached hydrogens (tertiary/aromatic N) is 1. The van der Waals surface area contributed by atoms with Gasteiger partial charge < -0.3 is 10.8 Å². The molecule has 92 valence electrons. The maximum absolute atomic E-state index is 10.6. The molecular formula is C12H16N2O3. The molecular weight excluding hydrogens is 220 g/mol. The van der Waals surface area contributed by atoms with Crippen molar-refractivity contribution in [2.75, 3.05) is 6.54 Å². The molecule has 2 rings (SSSR count). The van der Waals surface area contributed by atoms with E-state index in [2.05, 4.69) is 13.8 Å². The number of rotatable bonds is 3. The van der Waals surface area contributed by atoms with E-state index in [1.807, 2.05) is 0 Å². The van der Waals surface area contributed by atoms with Gasteiger partial charge in [0, 0.05) is 6.07 Å². The molecule has 1 saturated carbocycles. The molecule has 5 heteroatoms. The molecule has 0 radical (unpaired) electrons. The van der Waals surface area contributed by atoms with E-state index in [1.165, 1.54) is 12.1 Å². The van der Waals surface area contributed by atoms with Crippen LogP contribution in [0.4, 0.5) is 5.69 Å². The topological polar surface area (TPSA) is 89.4 Å². The maximum atomic E-state index is 10.6. The van der Waals surface area contributed by atoms with Gasteiger partial charge in [0.15, 0.2) is 5.75 Å². The highest BCUT2D eigenvalue weighted by molar-refractivity contribution is 5.50. The molecule has 1 aromatic carbocycles. The molecule has 0 amide bonds. The lowest BCUT2D eigenvalue weighted by atomic mass is 10.0. The molecule has 1 aromatic rings. The highest BCUT2D eigenvalue weighted by atomic mass is 16.6. The summed E-state index contributed by atoms with van der Waals surface area (Å²) in [5.41, 5.74) is 6.46. The molecule has 2 atom stereocenters. The smallest absolute Gasteiger partial charge is 0.310 e. The maximum Gasteiger partial charge on any atom is 0.310 e. The van der Waals surface area contributed by atoms with Crippen molar-refractivity contribution in [3.8, 4) is 5.75 Å². The lowest BCUT2D eigenvalue weighted by Gasteiger charge is -2.04. The monoisotopic (exact) mass is 236 g/mol. The number of phenolic OH excluding ortho intramolecular Hbond substituents is 1. The minimum Gasteiger partial charge on any atom is -0.502 e. The Kier molecular flexibility index (Phi) is 2.58. The van der Waals surface area contributed by atoms with Crippen LogP contribution in [0.1, 0.15) is 25.3 Å². The highest BCUT2D eigenvalue weighted by Gasteiger charge is 2.57. The standard InChI is InChI=1S/C12H16N2O3/c1-12(2)8(6-13)11(12)7-3-4-9(14(16)17)10(15)5-7/h3-5,8,11,15H,6,13H2,1-2H3. The van der Waals surface area contributed by atoms with Gasteiger partial charge in [-0.15, -0.1) is 0 Å². The van der Waals surface area contributed by atoms with Gasteiger partial charge in [0.1, 0.15) is 0 Å². The Bertz CT molecular complexity index is 471. The van der Waals surface area contributed by atoms with E-state index < -0.39 is 4.92 Å². The summed E-state index contributed by atoms with van der Waals surface area (Å²) in [4.78, 5) is 10.0. The van der Waals surface area contributed by atoms with Crippen molar-refractivity contribution in [3.05, 3.63) is 33.9 Å². The molecule has 0 heterocycles. The summed E-state index contributed by atoms with van der Waals surface area (Å²) < 4.78 is 0. The zero-order valence-corrected chi connectivity index (χ0v) is 9.88. The summed E-state index contributed by atoms with van der Waals surface area (Å²) in [6, 6.07) is 4.55. The number of hydrogen-bond acceptors (Lipinski definition) is 4. The van der Waals surface area contributed by atoms with Crippen LogP contribution in [0.15, 0.2) is 18.2 Å². The van der Waals surface area contributed by atoms with Crippen molar-refractivity contribution < 1.29 is 10.0 Å². The molecule has 2 unspecified atom stereocenters. The largest absolute Gasteiger partial charge is 0.502 e. The number of aromatic hydroxyl groups is 1. The van der Waals surface area contributed by atoms with Gasteiger partial charge in [0.05, 0.1) is 4.92 Å². The molecule has 0 aliphatic heterocycles. The fourth-order valence-corrected chi connectivity index (χ4v) is 2.73. The highest BCUT2D eigenvalue weighted by Crippen LogP contribution is 2.64. The minimum atomic E-state index is -0.586. The average molecular weight is 236 g/mol. The predicted octanol–water partition coefficient (Wildman–Crippen LogP) is 2.00. The molecule has 3 N–H and O–H groups in total. The van der Waals surface area contributed by atoms with Crippen LogP contribution in [-0.2, 0) is 0 Å². The van der Waals surface area contributed by atoms with Crippen molar-refractivity contribution in [1.82, 2.24) is 0 Å². The van der Waals surface area contributed by atoms with Gasteiger partial charge in [-0.05, 0) is 35.4 Å². The first-order valence-corrected chi connectivity index (χ1v) is 5.57. The molecule has 0 aromatic heterocycles. The number of nitrogens with two attached hydrogens (primary N) is 1. The zero-order chi connectivity index (χ0) is 12.8. The number of hydrogen-bond donors (Lipinski definition) is 2. The lowest BCUT2D eigenvalue weighted by Crippen LogP contribution is -2.05. The Balaban J connectivity index is 2.31. The normalized spacial score (nSPS) is 25.6. The third kappa shape index (κ3) is 1.76. The summed E-state index contributed by atoms with van der Waals surface area (Å²) in [7, 11) is 0. The summed E-state index contributed by atoms with van der Waals surface area (Å²) >= 11 is 0. The first-order chi connectivity index (χ1) is 7.89. The fraction of sp³-hybridized carbons (Fsp3) is 0.500. The third-order valence-electron chi connectivity index (χ3n) is 3.86. The van der Waals surface area contributed by atoms with Gasteiger partial charge in [-0.2, -0.15) is 0 Å². The second kappa shape index (κ2) is 3.70. The SMILES string of the molecule is CC1(C)C(CN)C1c1ccc([N+](=O)[O-])c(O)c1. The van der Waals surface area contributed by atoms with Gasteiger partial charge in [0.25, 0.3) is 0 Å². The molecule has 1 aliphatic rings. The third-order valence-corrected chi connectivity index (χ3v) is 3.86. The summed E-state index contributed by atoms with van der Waals surface area (Å²) in [5.74, 6) is 0.383. The Morgan fingerprint density at radius 1 is 1.53 bits per heavy atom. The van der Waals surface area contributed by atoms with Gasteiger partial charge in [-0.25, -0.2) is 0 Å². The average Bonchev–Trinajstić information content (AvgIpc) is 2.79. The van der Waals surface area contributed by atoms with E-state index in [9.17, 15) is 15.2 Å². The van der Waals surface area contributed by atoms with Crippen molar-refractivity contribution in [1.29, 1.82) is 0 Å². The van der Waals surface area contributed by atoms with E-state index in [-0.39, 0.29) is 22.8 Å². The first-order valence-electron chi connectivity index (χ1n) is 5.57. The number of nitro groups is 1. The van der Waals surface area contributed by atoms with Crippen LogP contribution in [0.3, 0.4) is 0 Å². The molecule has 17 heavy (non-hydrogen) atoms. The van der Waals surface area contributed by atoms with Crippen LogP contribution in [0.25, 0.3) is 0 Å². The molecule has 0 spiro atoms. The molecule has 0 saturated heterocycles. The van der Waals surface area contributed by atoms with Crippen LogP contribution in [0.2, 0.25) is 0 Å². The van der Waals surface area contributed by atoms with Crippen LogP contribution >= 0.6 is 0 Å². The van der Waals surface area contributed by atoms with E-state index in [1.54, 1.807) is 6.07 Å². The second-order valence-electron chi connectivity index (χ2n) is 5.15. The van der Waals surface area contributed by atoms with E-state index in [4.69, 9.17) is 5.73 Å². The van der Waals surface area contributed by atoms with Gasteiger partial charge >= 0.3 is 5.69 Å². The summed E-state index contributed by atoms with van der Waals surface area (Å²) in [6.45, 7) is 4.83. The Labute approximate surface area is 99.4 Å². The van der Waals surface area contributed by atoms with Crippen molar-refractivity contribution >= 4 is 5.69 Å². The fourth-order valence-electron chi connectivity index (χ4n) is 2.73. The van der Waals surface area contributed by atoms with Crippen molar-refractivity contribution in [2.24, 2.45) is 17.1 Å². The van der Waals surface area contributed by atoms with Crippen LogP contribution in [-0.4, -0.2) is 16.6 Å². The Morgan fingerprint density at radius 3 is 2.59 bits per heavy atom. The Morgan fingerprint density at radius 2 is 2.18 bits per heavy atom. The number of nitro benzene ring substituents is 1. The van der Waals surface area contributed by atoms with Gasteiger partial charge in [-0.1, -0.05) is 19.9 Å². The summed E-state index contributed by atoms with van der Waals surface area (Å²) in [6.07, 6.45) is 0. The predicted molar refractivity (Wildman–Crippen MR) is 63.8 cm³/mol. The van der Waals surface area contributed by atoms with Gasteiger partial charge in [0.2, 0.25) is 0 Å². The molecule has 1 aliphatic carbocycles. The molecule has 0 bridgehead atoms. The lowest BCUT2D eigenvalue weighted by molar-refractivity contribution is -0.385. The van der Waals surface area contributed by atoms with Crippen LogP contribution < -0.4 is 5.73 Å². The van der Waals surface area contributed by atoms with E-state index >= 15 is 0 Å². The Hall–Kier alpha value is -1.62. The van der Waals surface area contributed by atoms with E-state index in [0.717, 1.165) is 5.56 Å².